The summed E-state index contributed by atoms with van der Waals surface area (Å²) in [6.45, 7) is 3.24. The summed E-state index contributed by atoms with van der Waals surface area (Å²) in [5.74, 6) is -1.07. The van der Waals surface area contributed by atoms with Crippen molar-refractivity contribution in [3.63, 3.8) is 0 Å². The largest absolute Gasteiger partial charge is 0.462 e. The van der Waals surface area contributed by atoms with Gasteiger partial charge in [-0.3, -0.25) is 4.79 Å². The Balaban J connectivity index is 2.00. The molecule has 0 atom stereocenters. The number of hydrogen-bond acceptors (Lipinski definition) is 5. The Morgan fingerprint density at radius 3 is 2.41 bits per heavy atom. The van der Waals surface area contributed by atoms with Gasteiger partial charge in [-0.2, -0.15) is 0 Å². The number of ether oxygens (including phenoxy) is 1. The number of amides is 1. The zero-order valence-corrected chi connectivity index (χ0v) is 16.4. The van der Waals surface area contributed by atoms with E-state index in [1.165, 1.54) is 24.3 Å². The first-order valence-corrected chi connectivity index (χ1v) is 9.92. The number of halogens is 1. The maximum Gasteiger partial charge on any atom is 0.338 e. The molecule has 0 heterocycles. The van der Waals surface area contributed by atoms with Gasteiger partial charge in [0, 0.05) is 10.7 Å². The molecule has 2 aromatic rings. The minimum absolute atomic E-state index is 0.0673. The van der Waals surface area contributed by atoms with E-state index in [9.17, 15) is 18.0 Å². The molecule has 0 bridgehead atoms. The van der Waals surface area contributed by atoms with Gasteiger partial charge in [-0.25, -0.2) is 17.9 Å². The molecule has 0 aliphatic carbocycles. The first-order valence-electron chi connectivity index (χ1n) is 8.06. The number of anilines is 1. The third-order valence-electron chi connectivity index (χ3n) is 3.57. The van der Waals surface area contributed by atoms with Crippen LogP contribution in [0, 0.1) is 6.92 Å². The van der Waals surface area contributed by atoms with Crippen LogP contribution in [-0.2, 0) is 19.6 Å². The molecule has 0 unspecified atom stereocenters. The van der Waals surface area contributed by atoms with Crippen LogP contribution in [0.2, 0.25) is 5.02 Å². The summed E-state index contributed by atoms with van der Waals surface area (Å²) in [7, 11) is -3.91. The van der Waals surface area contributed by atoms with Gasteiger partial charge in [-0.1, -0.05) is 17.7 Å². The molecule has 2 aromatic carbocycles. The number of hydrogen-bond donors (Lipinski definition) is 2. The van der Waals surface area contributed by atoms with Gasteiger partial charge in [0.05, 0.1) is 23.6 Å². The lowest BCUT2D eigenvalue weighted by Crippen LogP contribution is -2.33. The van der Waals surface area contributed by atoms with Crippen molar-refractivity contribution in [2.75, 3.05) is 18.5 Å². The zero-order chi connectivity index (χ0) is 20.0. The Hall–Kier alpha value is -2.42. The Morgan fingerprint density at radius 2 is 1.78 bits per heavy atom. The monoisotopic (exact) mass is 410 g/mol. The van der Waals surface area contributed by atoms with Gasteiger partial charge in [0.15, 0.2) is 0 Å². The highest BCUT2D eigenvalue weighted by molar-refractivity contribution is 7.89. The van der Waals surface area contributed by atoms with Crippen LogP contribution in [0.5, 0.6) is 0 Å². The second kappa shape index (κ2) is 8.98. The van der Waals surface area contributed by atoms with E-state index in [-0.39, 0.29) is 17.1 Å². The minimum atomic E-state index is -3.91. The number of rotatable bonds is 7. The fraction of sp³-hybridized carbons (Fsp3) is 0.222. The summed E-state index contributed by atoms with van der Waals surface area (Å²) in [5, 5.41) is 3.06. The van der Waals surface area contributed by atoms with Gasteiger partial charge in [0.2, 0.25) is 15.9 Å². The Bertz CT molecular complexity index is 943. The van der Waals surface area contributed by atoms with E-state index in [4.69, 9.17) is 16.3 Å². The van der Waals surface area contributed by atoms with Gasteiger partial charge in [-0.15, -0.1) is 0 Å². The molecule has 2 N–H and O–H groups in total. The van der Waals surface area contributed by atoms with Crippen LogP contribution in [0.15, 0.2) is 47.4 Å². The van der Waals surface area contributed by atoms with Crippen molar-refractivity contribution in [1.29, 1.82) is 0 Å². The summed E-state index contributed by atoms with van der Waals surface area (Å²) >= 11 is 5.89. The smallest absolute Gasteiger partial charge is 0.338 e. The first kappa shape index (κ1) is 20.9. The standard InChI is InChI=1S/C18H19ClN2O5S/c1-3-26-18(23)13-5-8-15(9-6-13)27(24,25)20-11-17(22)21-16-10-14(19)7-4-12(16)2/h4-10,20H,3,11H2,1-2H3,(H,21,22). The molecule has 0 spiro atoms. The van der Waals surface area contributed by atoms with E-state index in [1.54, 1.807) is 32.0 Å². The highest BCUT2D eigenvalue weighted by Gasteiger charge is 2.17. The average molecular weight is 411 g/mol. The molecule has 1 amide bonds. The average Bonchev–Trinajstić information content (AvgIpc) is 2.63. The van der Waals surface area contributed by atoms with Crippen LogP contribution >= 0.6 is 11.6 Å². The Morgan fingerprint density at radius 1 is 1.11 bits per heavy atom. The minimum Gasteiger partial charge on any atom is -0.462 e. The third-order valence-corrected chi connectivity index (χ3v) is 5.22. The maximum absolute atomic E-state index is 12.3. The van der Waals surface area contributed by atoms with Crippen molar-refractivity contribution in [2.24, 2.45) is 0 Å². The molecule has 144 valence electrons. The SMILES string of the molecule is CCOC(=O)c1ccc(S(=O)(=O)NCC(=O)Nc2cc(Cl)ccc2C)cc1. The van der Waals surface area contributed by atoms with E-state index in [1.807, 2.05) is 0 Å². The lowest BCUT2D eigenvalue weighted by molar-refractivity contribution is -0.115. The molecular weight excluding hydrogens is 392 g/mol. The highest BCUT2D eigenvalue weighted by Crippen LogP contribution is 2.20. The van der Waals surface area contributed by atoms with Crippen molar-refractivity contribution in [1.82, 2.24) is 4.72 Å². The number of aryl methyl sites for hydroxylation is 1. The fourth-order valence-electron chi connectivity index (χ4n) is 2.15. The maximum atomic E-state index is 12.3. The molecule has 0 aliphatic rings. The summed E-state index contributed by atoms with van der Waals surface area (Å²) in [5.41, 5.74) is 1.54. The van der Waals surface area contributed by atoms with Gasteiger partial charge in [0.1, 0.15) is 0 Å². The van der Waals surface area contributed by atoms with Crippen LogP contribution in [0.25, 0.3) is 0 Å². The molecule has 0 saturated heterocycles. The van der Waals surface area contributed by atoms with Crippen LogP contribution in [0.4, 0.5) is 5.69 Å². The molecule has 2 rings (SSSR count). The quantitative estimate of drug-likeness (QED) is 0.683. The third kappa shape index (κ3) is 5.78. The Kier molecular flexibility index (Phi) is 6.95. The number of carbonyl (C=O) groups is 2. The predicted molar refractivity (Wildman–Crippen MR) is 102 cm³/mol. The van der Waals surface area contributed by atoms with Crippen LogP contribution in [0.3, 0.4) is 0 Å². The van der Waals surface area contributed by atoms with Gasteiger partial charge in [-0.05, 0) is 55.8 Å². The Labute approximate surface area is 162 Å². The van der Waals surface area contributed by atoms with Crippen molar-refractivity contribution < 1.29 is 22.7 Å². The van der Waals surface area contributed by atoms with Gasteiger partial charge in [0.25, 0.3) is 0 Å². The molecule has 0 aromatic heterocycles. The molecule has 0 aliphatic heterocycles. The van der Waals surface area contributed by atoms with Crippen molar-refractivity contribution >= 4 is 39.2 Å². The summed E-state index contributed by atoms with van der Waals surface area (Å²) in [6.07, 6.45) is 0. The summed E-state index contributed by atoms with van der Waals surface area (Å²) < 4.78 is 31.6. The van der Waals surface area contributed by atoms with Gasteiger partial charge >= 0.3 is 5.97 Å². The molecule has 0 fully saturated rings. The molecule has 7 nitrogen and oxygen atoms in total. The lowest BCUT2D eigenvalue weighted by atomic mass is 10.2. The van der Waals surface area contributed by atoms with Crippen molar-refractivity contribution in [2.45, 2.75) is 18.7 Å². The summed E-state index contributed by atoms with van der Waals surface area (Å²) in [4.78, 5) is 23.6. The second-order valence-electron chi connectivity index (χ2n) is 5.58. The number of nitrogens with one attached hydrogen (secondary N) is 2. The molecule has 9 heteroatoms. The first-order chi connectivity index (χ1) is 12.7. The van der Waals surface area contributed by atoms with E-state index in [0.717, 1.165) is 5.56 Å². The molecule has 0 radical (unpaired) electrons. The second-order valence-corrected chi connectivity index (χ2v) is 7.78. The number of benzene rings is 2. The number of esters is 1. The van der Waals surface area contributed by atoms with Gasteiger partial charge < -0.3 is 10.1 Å². The van der Waals surface area contributed by atoms with Crippen molar-refractivity contribution in [3.05, 3.63) is 58.6 Å². The van der Waals surface area contributed by atoms with Crippen LogP contribution < -0.4 is 10.0 Å². The molecular formula is C18H19ClN2O5S. The highest BCUT2D eigenvalue weighted by atomic mass is 35.5. The predicted octanol–water partition coefficient (Wildman–Crippen LogP) is 2.74. The van der Waals surface area contributed by atoms with E-state index in [2.05, 4.69) is 10.0 Å². The summed E-state index contributed by atoms with van der Waals surface area (Å²) in [6, 6.07) is 10.3. The zero-order valence-electron chi connectivity index (χ0n) is 14.8. The number of sulfonamides is 1. The fourth-order valence-corrected chi connectivity index (χ4v) is 3.31. The lowest BCUT2D eigenvalue weighted by Gasteiger charge is -2.10. The van der Waals surface area contributed by atoms with E-state index < -0.39 is 28.4 Å². The van der Waals surface area contributed by atoms with Crippen LogP contribution in [-0.4, -0.2) is 33.4 Å². The van der Waals surface area contributed by atoms with Crippen LogP contribution in [0.1, 0.15) is 22.8 Å². The number of carbonyl (C=O) groups excluding carboxylic acids is 2. The normalized spacial score (nSPS) is 11.1. The van der Waals surface area contributed by atoms with E-state index in [0.29, 0.717) is 10.7 Å². The van der Waals surface area contributed by atoms with E-state index >= 15 is 0 Å². The topological polar surface area (TPSA) is 102 Å². The van der Waals surface area contributed by atoms with Crippen molar-refractivity contribution in [3.8, 4) is 0 Å². The molecule has 27 heavy (non-hydrogen) atoms. The molecule has 0 saturated carbocycles.